The van der Waals surface area contributed by atoms with Crippen molar-refractivity contribution in [2.75, 3.05) is 26.8 Å². The van der Waals surface area contributed by atoms with Gasteiger partial charge in [-0.05, 0) is 30.3 Å². The van der Waals surface area contributed by atoms with Crippen molar-refractivity contribution in [3.8, 4) is 11.5 Å². The molecule has 0 aliphatic rings. The maximum Gasteiger partial charge on any atom is 0.255 e. The molecule has 0 aliphatic heterocycles. The Balaban J connectivity index is 1.84. The van der Waals surface area contributed by atoms with Crippen molar-refractivity contribution in [2.24, 2.45) is 5.73 Å². The zero-order chi connectivity index (χ0) is 19.6. The standard InChI is InChI=1S/C19H21N3O5/c1-26-16-11-14(7-8-15(16)27-12-17(20)23)19(25)22-10-9-21-18(24)13-5-3-2-4-6-13/h2-8,11H,9-10,12H2,1H3,(H2,20,23)(H,21,24)(H,22,25). The fourth-order valence-corrected chi connectivity index (χ4v) is 2.22. The van der Waals surface area contributed by atoms with Crippen molar-refractivity contribution in [2.45, 2.75) is 0 Å². The zero-order valence-electron chi connectivity index (χ0n) is 14.9. The normalized spacial score (nSPS) is 9.96. The van der Waals surface area contributed by atoms with Crippen molar-refractivity contribution in [1.82, 2.24) is 10.6 Å². The third kappa shape index (κ3) is 6.03. The maximum atomic E-state index is 12.2. The van der Waals surface area contributed by atoms with Gasteiger partial charge in [-0.3, -0.25) is 14.4 Å². The molecule has 0 spiro atoms. The number of nitrogens with two attached hydrogens (primary N) is 1. The largest absolute Gasteiger partial charge is 0.493 e. The summed E-state index contributed by atoms with van der Waals surface area (Å²) in [6, 6.07) is 13.4. The Labute approximate surface area is 156 Å². The zero-order valence-corrected chi connectivity index (χ0v) is 14.9. The van der Waals surface area contributed by atoms with Crippen LogP contribution in [0.25, 0.3) is 0 Å². The van der Waals surface area contributed by atoms with Crippen LogP contribution in [0.1, 0.15) is 20.7 Å². The van der Waals surface area contributed by atoms with Gasteiger partial charge in [-0.1, -0.05) is 18.2 Å². The van der Waals surface area contributed by atoms with E-state index in [1.807, 2.05) is 6.07 Å². The lowest BCUT2D eigenvalue weighted by atomic mass is 10.2. The molecule has 0 aromatic heterocycles. The number of hydrogen-bond donors (Lipinski definition) is 3. The number of hydrogen-bond acceptors (Lipinski definition) is 5. The second-order valence-corrected chi connectivity index (χ2v) is 5.50. The highest BCUT2D eigenvalue weighted by Gasteiger charge is 2.12. The number of ether oxygens (including phenoxy) is 2. The summed E-state index contributed by atoms with van der Waals surface area (Å²) in [7, 11) is 1.42. The number of primary amides is 1. The first-order valence-corrected chi connectivity index (χ1v) is 8.22. The van der Waals surface area contributed by atoms with Crippen LogP contribution in [0.4, 0.5) is 0 Å². The van der Waals surface area contributed by atoms with E-state index >= 15 is 0 Å². The molecule has 0 atom stereocenters. The molecular formula is C19H21N3O5. The minimum atomic E-state index is -0.614. The topological polar surface area (TPSA) is 120 Å². The molecule has 8 heteroatoms. The number of methoxy groups -OCH3 is 1. The fraction of sp³-hybridized carbons (Fsp3) is 0.211. The first-order chi connectivity index (χ1) is 13.0. The predicted octanol–water partition coefficient (Wildman–Crippen LogP) is 0.719. The van der Waals surface area contributed by atoms with E-state index in [0.29, 0.717) is 22.6 Å². The minimum Gasteiger partial charge on any atom is -0.493 e. The third-order valence-electron chi connectivity index (χ3n) is 3.53. The van der Waals surface area contributed by atoms with Gasteiger partial charge in [-0.2, -0.15) is 0 Å². The molecule has 0 fully saturated rings. The van der Waals surface area contributed by atoms with Crippen molar-refractivity contribution in [3.63, 3.8) is 0 Å². The average Bonchev–Trinajstić information content (AvgIpc) is 2.69. The summed E-state index contributed by atoms with van der Waals surface area (Å²) in [5, 5.41) is 5.43. The van der Waals surface area contributed by atoms with Crippen LogP contribution in [0, 0.1) is 0 Å². The number of carbonyl (C=O) groups excluding carboxylic acids is 3. The Kier molecular flexibility index (Phi) is 7.18. The molecule has 2 rings (SSSR count). The van der Waals surface area contributed by atoms with Crippen LogP contribution >= 0.6 is 0 Å². The van der Waals surface area contributed by atoms with E-state index in [2.05, 4.69) is 10.6 Å². The summed E-state index contributed by atoms with van der Waals surface area (Å²) in [4.78, 5) is 34.9. The molecule has 0 unspecified atom stereocenters. The van der Waals surface area contributed by atoms with E-state index in [4.69, 9.17) is 15.2 Å². The highest BCUT2D eigenvalue weighted by molar-refractivity contribution is 5.95. The van der Waals surface area contributed by atoms with Crippen molar-refractivity contribution < 1.29 is 23.9 Å². The van der Waals surface area contributed by atoms with Gasteiger partial charge >= 0.3 is 0 Å². The Morgan fingerprint density at radius 2 is 1.52 bits per heavy atom. The number of amides is 3. The first-order valence-electron chi connectivity index (χ1n) is 8.22. The molecule has 142 valence electrons. The highest BCUT2D eigenvalue weighted by atomic mass is 16.5. The lowest BCUT2D eigenvalue weighted by molar-refractivity contribution is -0.119. The van der Waals surface area contributed by atoms with E-state index in [9.17, 15) is 14.4 Å². The van der Waals surface area contributed by atoms with E-state index in [0.717, 1.165) is 0 Å². The summed E-state index contributed by atoms with van der Waals surface area (Å²) >= 11 is 0. The van der Waals surface area contributed by atoms with E-state index < -0.39 is 5.91 Å². The molecule has 0 radical (unpaired) electrons. The van der Waals surface area contributed by atoms with Crippen LogP contribution in [-0.2, 0) is 4.79 Å². The predicted molar refractivity (Wildman–Crippen MR) is 98.8 cm³/mol. The Morgan fingerprint density at radius 1 is 0.889 bits per heavy atom. The van der Waals surface area contributed by atoms with Crippen molar-refractivity contribution in [3.05, 3.63) is 59.7 Å². The summed E-state index contributed by atoms with van der Waals surface area (Å²) in [5.74, 6) is -0.535. The molecule has 0 saturated heterocycles. The van der Waals surface area contributed by atoms with Gasteiger partial charge in [0.2, 0.25) is 0 Å². The molecule has 8 nitrogen and oxygen atoms in total. The van der Waals surface area contributed by atoms with Crippen LogP contribution in [0.15, 0.2) is 48.5 Å². The first kappa shape index (κ1) is 19.8. The molecule has 3 amide bonds. The number of nitrogens with one attached hydrogen (secondary N) is 2. The SMILES string of the molecule is COc1cc(C(=O)NCCNC(=O)c2ccccc2)ccc1OCC(N)=O. The number of benzene rings is 2. The average molecular weight is 371 g/mol. The van der Waals surface area contributed by atoms with Gasteiger partial charge in [0, 0.05) is 24.2 Å². The van der Waals surface area contributed by atoms with Gasteiger partial charge in [-0.15, -0.1) is 0 Å². The van der Waals surface area contributed by atoms with Gasteiger partial charge in [0.1, 0.15) is 0 Å². The molecule has 27 heavy (non-hydrogen) atoms. The fourth-order valence-electron chi connectivity index (χ4n) is 2.22. The Morgan fingerprint density at radius 3 is 2.11 bits per heavy atom. The van der Waals surface area contributed by atoms with Crippen molar-refractivity contribution in [1.29, 1.82) is 0 Å². The van der Waals surface area contributed by atoms with E-state index in [1.54, 1.807) is 24.3 Å². The molecule has 0 heterocycles. The Hall–Kier alpha value is -3.55. The van der Waals surface area contributed by atoms with Crippen molar-refractivity contribution >= 4 is 17.7 Å². The third-order valence-corrected chi connectivity index (χ3v) is 3.53. The van der Waals surface area contributed by atoms with Gasteiger partial charge < -0.3 is 25.8 Å². The van der Waals surface area contributed by atoms with Crippen LogP contribution < -0.4 is 25.8 Å². The van der Waals surface area contributed by atoms with Gasteiger partial charge in [-0.25, -0.2) is 0 Å². The molecule has 0 aliphatic carbocycles. The Bertz CT molecular complexity index is 808. The molecular weight excluding hydrogens is 350 g/mol. The lowest BCUT2D eigenvalue weighted by Crippen LogP contribution is -2.34. The molecule has 2 aromatic carbocycles. The second kappa shape index (κ2) is 9.81. The molecule has 0 saturated carbocycles. The van der Waals surface area contributed by atoms with E-state index in [-0.39, 0.29) is 31.5 Å². The molecule has 0 bridgehead atoms. The smallest absolute Gasteiger partial charge is 0.255 e. The molecule has 4 N–H and O–H groups in total. The second-order valence-electron chi connectivity index (χ2n) is 5.50. The maximum absolute atomic E-state index is 12.2. The minimum absolute atomic E-state index is 0.206. The van der Waals surface area contributed by atoms with Crippen LogP contribution in [-0.4, -0.2) is 44.5 Å². The van der Waals surface area contributed by atoms with Crippen LogP contribution in [0.3, 0.4) is 0 Å². The lowest BCUT2D eigenvalue weighted by Gasteiger charge is -2.11. The number of rotatable bonds is 9. The van der Waals surface area contributed by atoms with Gasteiger partial charge in [0.05, 0.1) is 7.11 Å². The number of carbonyl (C=O) groups is 3. The summed E-state index contributed by atoms with van der Waals surface area (Å²) in [6.07, 6.45) is 0. The van der Waals surface area contributed by atoms with Crippen LogP contribution in [0.5, 0.6) is 11.5 Å². The van der Waals surface area contributed by atoms with Gasteiger partial charge in [0.15, 0.2) is 18.1 Å². The molecule has 2 aromatic rings. The van der Waals surface area contributed by atoms with Gasteiger partial charge in [0.25, 0.3) is 17.7 Å². The summed E-state index contributed by atoms with van der Waals surface area (Å²) in [5.41, 5.74) is 5.95. The highest BCUT2D eigenvalue weighted by Crippen LogP contribution is 2.27. The monoisotopic (exact) mass is 371 g/mol. The van der Waals surface area contributed by atoms with Crippen LogP contribution in [0.2, 0.25) is 0 Å². The van der Waals surface area contributed by atoms with E-state index in [1.165, 1.54) is 25.3 Å². The summed E-state index contributed by atoms with van der Waals surface area (Å²) in [6.45, 7) is 0.263. The quantitative estimate of drug-likeness (QED) is 0.561. The summed E-state index contributed by atoms with van der Waals surface area (Å²) < 4.78 is 10.4.